The number of hydrogen-bond acceptors (Lipinski definition) is 4. The Balaban J connectivity index is 2.21. The van der Waals surface area contributed by atoms with Crippen molar-refractivity contribution in [2.24, 2.45) is 0 Å². The summed E-state index contributed by atoms with van der Waals surface area (Å²) in [6.07, 6.45) is 4.42. The van der Waals surface area contributed by atoms with Gasteiger partial charge in [0, 0.05) is 18.3 Å². The van der Waals surface area contributed by atoms with Crippen LogP contribution in [0.25, 0.3) is 0 Å². The number of aromatic nitrogens is 1. The quantitative estimate of drug-likeness (QED) is 0.584. The molecular weight excluding hydrogens is 314 g/mol. The number of nitrogens with zero attached hydrogens (tertiary/aromatic N) is 1. The molecule has 0 spiro atoms. The Bertz CT molecular complexity index is 725. The van der Waals surface area contributed by atoms with Gasteiger partial charge in [-0.1, -0.05) is 35.9 Å². The van der Waals surface area contributed by atoms with Crippen LogP contribution in [0.4, 0.5) is 0 Å². The molecule has 0 aliphatic rings. The van der Waals surface area contributed by atoms with Crippen LogP contribution in [-0.4, -0.2) is 16.6 Å². The fourth-order valence-electron chi connectivity index (χ4n) is 2.13. The van der Waals surface area contributed by atoms with E-state index in [-0.39, 0.29) is 0 Å². The molecule has 1 aromatic heterocycles. The van der Waals surface area contributed by atoms with E-state index in [9.17, 15) is 4.79 Å². The van der Waals surface area contributed by atoms with E-state index >= 15 is 0 Å². The summed E-state index contributed by atoms with van der Waals surface area (Å²) in [5.74, 6) is 0.107. The second kappa shape index (κ2) is 7.97. The lowest BCUT2D eigenvalue weighted by Gasteiger charge is -2.19. The Morgan fingerprint density at radius 3 is 2.24 bits per heavy atom. The lowest BCUT2D eigenvalue weighted by Crippen LogP contribution is -2.22. The van der Waals surface area contributed by atoms with Crippen molar-refractivity contribution >= 4 is 5.97 Å². The zero-order valence-corrected chi connectivity index (χ0v) is 15.4. The summed E-state index contributed by atoms with van der Waals surface area (Å²) < 4.78 is 11.3. The van der Waals surface area contributed by atoms with Crippen LogP contribution in [0.2, 0.25) is 0 Å². The number of carbonyl (C=O) groups is 1. The first-order valence-corrected chi connectivity index (χ1v) is 8.30. The first kappa shape index (κ1) is 18.7. The fraction of sp³-hybridized carbons (Fsp3) is 0.333. The van der Waals surface area contributed by atoms with Gasteiger partial charge in [0.05, 0.1) is 0 Å². The molecule has 132 valence electrons. The summed E-state index contributed by atoms with van der Waals surface area (Å²) in [6, 6.07) is 11.7. The van der Waals surface area contributed by atoms with Crippen LogP contribution < -0.4 is 4.74 Å². The molecule has 2 aromatic rings. The van der Waals surface area contributed by atoms with E-state index in [0.717, 1.165) is 16.7 Å². The largest absolute Gasteiger partial charge is 0.465 e. The summed E-state index contributed by atoms with van der Waals surface area (Å²) in [5, 5.41) is 0. The first-order valence-electron chi connectivity index (χ1n) is 8.30. The van der Waals surface area contributed by atoms with E-state index in [4.69, 9.17) is 9.47 Å². The smallest absolute Gasteiger partial charge is 0.331 e. The van der Waals surface area contributed by atoms with Gasteiger partial charge >= 0.3 is 5.97 Å². The van der Waals surface area contributed by atoms with Gasteiger partial charge in [0.1, 0.15) is 11.7 Å². The molecule has 2 rings (SSSR count). The number of aryl methyl sites for hydroxylation is 2. The zero-order valence-electron chi connectivity index (χ0n) is 15.4. The first-order chi connectivity index (χ1) is 11.7. The maximum atomic E-state index is 12.0. The molecule has 0 fully saturated rings. The van der Waals surface area contributed by atoms with Crippen LogP contribution in [0.15, 0.2) is 54.7 Å². The van der Waals surface area contributed by atoms with Gasteiger partial charge < -0.3 is 9.47 Å². The van der Waals surface area contributed by atoms with E-state index in [1.165, 1.54) is 6.08 Å². The maximum Gasteiger partial charge on any atom is 0.331 e. The van der Waals surface area contributed by atoms with E-state index in [0.29, 0.717) is 5.88 Å². The van der Waals surface area contributed by atoms with Crippen molar-refractivity contribution in [1.29, 1.82) is 0 Å². The maximum absolute atomic E-state index is 12.0. The van der Waals surface area contributed by atoms with Gasteiger partial charge in [0.2, 0.25) is 5.88 Å². The molecule has 0 bridgehead atoms. The molecule has 4 heteroatoms. The van der Waals surface area contributed by atoms with Crippen LogP contribution in [0.5, 0.6) is 5.88 Å². The fourth-order valence-corrected chi connectivity index (χ4v) is 2.13. The van der Waals surface area contributed by atoms with Crippen molar-refractivity contribution in [3.05, 3.63) is 71.4 Å². The standard InChI is InChI=1S/C21H25NO3/c1-15-6-9-17(10-7-15)18(11-13-20(23)25-21(3,4)5)24-19-12-8-16(2)14-22-19/h6-14,18H,1-5H3/b13-11+. The van der Waals surface area contributed by atoms with Gasteiger partial charge in [-0.15, -0.1) is 0 Å². The molecule has 0 aliphatic carbocycles. The molecule has 1 atom stereocenters. The SMILES string of the molecule is Cc1ccc(C(/C=C/C(=O)OC(C)(C)C)Oc2ccc(C)cn2)cc1. The number of esters is 1. The van der Waals surface area contributed by atoms with Crippen molar-refractivity contribution in [3.63, 3.8) is 0 Å². The molecule has 0 aliphatic heterocycles. The minimum absolute atomic E-state index is 0.398. The van der Waals surface area contributed by atoms with Crippen LogP contribution >= 0.6 is 0 Å². The second-order valence-corrected chi connectivity index (χ2v) is 7.02. The topological polar surface area (TPSA) is 48.4 Å². The number of pyridine rings is 1. The summed E-state index contributed by atoms with van der Waals surface area (Å²) >= 11 is 0. The van der Waals surface area contributed by atoms with Crippen molar-refractivity contribution in [1.82, 2.24) is 4.98 Å². The van der Waals surface area contributed by atoms with Gasteiger partial charge in [0.25, 0.3) is 0 Å². The lowest BCUT2D eigenvalue weighted by atomic mass is 10.1. The lowest BCUT2D eigenvalue weighted by molar-refractivity contribution is -0.148. The molecule has 0 saturated heterocycles. The van der Waals surface area contributed by atoms with Crippen molar-refractivity contribution in [2.45, 2.75) is 46.3 Å². The van der Waals surface area contributed by atoms with Gasteiger partial charge in [-0.05, 0) is 51.8 Å². The molecule has 0 saturated carbocycles. The van der Waals surface area contributed by atoms with Gasteiger partial charge in [-0.2, -0.15) is 0 Å². The van der Waals surface area contributed by atoms with E-state index in [2.05, 4.69) is 4.98 Å². The summed E-state index contributed by atoms with van der Waals surface area (Å²) in [4.78, 5) is 16.2. The third-order valence-corrected chi connectivity index (χ3v) is 3.35. The molecule has 0 amide bonds. The minimum atomic E-state index is -0.528. The summed E-state index contributed by atoms with van der Waals surface area (Å²) in [5.41, 5.74) is 2.63. The van der Waals surface area contributed by atoms with Gasteiger partial charge in [-0.3, -0.25) is 0 Å². The van der Waals surface area contributed by atoms with Gasteiger partial charge in [-0.25, -0.2) is 9.78 Å². The third kappa shape index (κ3) is 6.42. The van der Waals surface area contributed by atoms with E-state index < -0.39 is 17.7 Å². The highest BCUT2D eigenvalue weighted by Crippen LogP contribution is 2.22. The highest BCUT2D eigenvalue weighted by molar-refractivity contribution is 5.82. The monoisotopic (exact) mass is 339 g/mol. The highest BCUT2D eigenvalue weighted by Gasteiger charge is 2.16. The van der Waals surface area contributed by atoms with Crippen LogP contribution in [0, 0.1) is 13.8 Å². The number of carbonyl (C=O) groups excluding carboxylic acids is 1. The predicted molar refractivity (Wildman–Crippen MR) is 98.5 cm³/mol. The Kier molecular flexibility index (Phi) is 5.97. The van der Waals surface area contributed by atoms with Crippen LogP contribution in [0.1, 0.15) is 43.6 Å². The average Bonchev–Trinajstić information content (AvgIpc) is 2.52. The number of benzene rings is 1. The Morgan fingerprint density at radius 1 is 1.04 bits per heavy atom. The molecular formula is C21H25NO3. The molecule has 1 heterocycles. The number of rotatable bonds is 5. The normalized spacial score (nSPS) is 12.8. The van der Waals surface area contributed by atoms with E-state index in [1.807, 2.05) is 71.0 Å². The van der Waals surface area contributed by atoms with Crippen molar-refractivity contribution < 1.29 is 14.3 Å². The highest BCUT2D eigenvalue weighted by atomic mass is 16.6. The molecule has 4 nitrogen and oxygen atoms in total. The Morgan fingerprint density at radius 2 is 1.68 bits per heavy atom. The number of hydrogen-bond donors (Lipinski definition) is 0. The molecule has 1 aromatic carbocycles. The Labute approximate surface area is 149 Å². The Hall–Kier alpha value is -2.62. The van der Waals surface area contributed by atoms with Crippen LogP contribution in [0.3, 0.4) is 0 Å². The zero-order chi connectivity index (χ0) is 18.4. The molecule has 1 unspecified atom stereocenters. The minimum Gasteiger partial charge on any atom is -0.465 e. The summed E-state index contributed by atoms with van der Waals surface area (Å²) in [7, 11) is 0. The molecule has 25 heavy (non-hydrogen) atoms. The third-order valence-electron chi connectivity index (χ3n) is 3.35. The predicted octanol–water partition coefficient (Wildman–Crippen LogP) is 4.72. The van der Waals surface area contributed by atoms with Crippen molar-refractivity contribution in [2.75, 3.05) is 0 Å². The molecule has 0 radical (unpaired) electrons. The number of ether oxygens (including phenoxy) is 2. The second-order valence-electron chi connectivity index (χ2n) is 7.02. The van der Waals surface area contributed by atoms with Gasteiger partial charge in [0.15, 0.2) is 0 Å². The average molecular weight is 339 g/mol. The molecule has 0 N–H and O–H groups in total. The van der Waals surface area contributed by atoms with Crippen LogP contribution in [-0.2, 0) is 9.53 Å². The van der Waals surface area contributed by atoms with E-state index in [1.54, 1.807) is 12.3 Å². The van der Waals surface area contributed by atoms with Crippen molar-refractivity contribution in [3.8, 4) is 5.88 Å². The summed E-state index contributed by atoms with van der Waals surface area (Å²) in [6.45, 7) is 9.50.